The SMILES string of the molecule is COCc1nc(CSc2ccccc2F)nc(Cl)c1I. The van der Waals surface area contributed by atoms with Crippen LogP contribution in [-0.4, -0.2) is 17.1 Å². The molecule has 0 bridgehead atoms. The van der Waals surface area contributed by atoms with Crippen molar-refractivity contribution < 1.29 is 9.13 Å². The zero-order valence-electron chi connectivity index (χ0n) is 10.6. The predicted octanol–water partition coefficient (Wildman–Crippen LogP) is 4.31. The second-order valence-electron chi connectivity index (χ2n) is 3.84. The minimum atomic E-state index is -0.244. The Hall–Kier alpha value is -0.440. The lowest BCUT2D eigenvalue weighted by Crippen LogP contribution is -2.04. The van der Waals surface area contributed by atoms with Gasteiger partial charge in [0.15, 0.2) is 0 Å². The van der Waals surface area contributed by atoms with Gasteiger partial charge in [0.2, 0.25) is 0 Å². The molecule has 0 saturated carbocycles. The van der Waals surface area contributed by atoms with Crippen molar-refractivity contribution in [2.45, 2.75) is 17.3 Å². The average molecular weight is 425 g/mol. The Labute approximate surface area is 139 Å². The molecule has 7 heteroatoms. The normalized spacial score (nSPS) is 10.8. The number of halogens is 3. The average Bonchev–Trinajstić information content (AvgIpc) is 2.43. The van der Waals surface area contributed by atoms with Crippen molar-refractivity contribution in [3.05, 3.63) is 50.3 Å². The van der Waals surface area contributed by atoms with Crippen molar-refractivity contribution in [2.24, 2.45) is 0 Å². The van der Waals surface area contributed by atoms with E-state index >= 15 is 0 Å². The van der Waals surface area contributed by atoms with Gasteiger partial charge in [0, 0.05) is 12.0 Å². The number of hydrogen-bond acceptors (Lipinski definition) is 4. The van der Waals surface area contributed by atoms with Crippen molar-refractivity contribution >= 4 is 46.0 Å². The summed E-state index contributed by atoms with van der Waals surface area (Å²) in [5.74, 6) is 0.774. The fourth-order valence-electron chi connectivity index (χ4n) is 1.51. The van der Waals surface area contributed by atoms with Crippen molar-refractivity contribution in [3.63, 3.8) is 0 Å². The number of aromatic nitrogens is 2. The van der Waals surface area contributed by atoms with Gasteiger partial charge >= 0.3 is 0 Å². The van der Waals surface area contributed by atoms with Gasteiger partial charge in [0.1, 0.15) is 16.8 Å². The first kappa shape index (κ1) is 15.9. The fourth-order valence-corrected chi connectivity index (χ4v) is 2.91. The molecule has 0 unspecified atom stereocenters. The third-order valence-electron chi connectivity index (χ3n) is 2.40. The Morgan fingerprint density at radius 1 is 1.35 bits per heavy atom. The highest BCUT2D eigenvalue weighted by atomic mass is 127. The molecule has 0 N–H and O–H groups in total. The Morgan fingerprint density at radius 2 is 2.10 bits per heavy atom. The molecule has 0 radical (unpaired) electrons. The molecule has 1 aromatic carbocycles. The maximum absolute atomic E-state index is 13.5. The summed E-state index contributed by atoms with van der Waals surface area (Å²) in [6, 6.07) is 6.61. The molecule has 0 amide bonds. The van der Waals surface area contributed by atoms with E-state index in [2.05, 4.69) is 32.6 Å². The lowest BCUT2D eigenvalue weighted by molar-refractivity contribution is 0.180. The molecule has 1 heterocycles. The van der Waals surface area contributed by atoms with Crippen LogP contribution in [0.15, 0.2) is 29.2 Å². The summed E-state index contributed by atoms with van der Waals surface area (Å²) in [5.41, 5.74) is 0.747. The second kappa shape index (κ2) is 7.53. The Bertz CT molecular complexity index is 615. The fraction of sp³-hybridized carbons (Fsp3) is 0.231. The van der Waals surface area contributed by atoms with Gasteiger partial charge in [-0.1, -0.05) is 23.7 Å². The van der Waals surface area contributed by atoms with E-state index in [0.717, 1.165) is 9.26 Å². The molecular formula is C13H11ClFIN2OS. The van der Waals surface area contributed by atoms with Gasteiger partial charge in [0.25, 0.3) is 0 Å². The summed E-state index contributed by atoms with van der Waals surface area (Å²) >= 11 is 9.50. The number of methoxy groups -OCH3 is 1. The first-order valence-electron chi connectivity index (χ1n) is 5.69. The van der Waals surface area contributed by atoms with Gasteiger partial charge in [-0.15, -0.1) is 11.8 Å². The minimum Gasteiger partial charge on any atom is -0.378 e. The van der Waals surface area contributed by atoms with E-state index in [1.54, 1.807) is 25.3 Å². The summed E-state index contributed by atoms with van der Waals surface area (Å²) in [5, 5.41) is 0.400. The van der Waals surface area contributed by atoms with Crippen LogP contribution in [0.1, 0.15) is 11.5 Å². The number of thioether (sulfide) groups is 1. The summed E-state index contributed by atoms with van der Waals surface area (Å²) in [6.45, 7) is 0.373. The minimum absolute atomic E-state index is 0.244. The van der Waals surface area contributed by atoms with E-state index < -0.39 is 0 Å². The highest BCUT2D eigenvalue weighted by molar-refractivity contribution is 14.1. The predicted molar refractivity (Wildman–Crippen MR) is 86.4 cm³/mol. The number of rotatable bonds is 5. The van der Waals surface area contributed by atoms with Gasteiger partial charge in [0.05, 0.1) is 21.6 Å². The van der Waals surface area contributed by atoms with Crippen molar-refractivity contribution in [1.82, 2.24) is 9.97 Å². The molecule has 0 atom stereocenters. The van der Waals surface area contributed by atoms with Crippen LogP contribution in [0.2, 0.25) is 5.15 Å². The first-order valence-corrected chi connectivity index (χ1v) is 8.13. The van der Waals surface area contributed by atoms with Gasteiger partial charge < -0.3 is 4.74 Å². The number of hydrogen-bond donors (Lipinski definition) is 0. The van der Waals surface area contributed by atoms with Crippen LogP contribution in [0.5, 0.6) is 0 Å². The van der Waals surface area contributed by atoms with E-state index in [0.29, 0.717) is 28.2 Å². The number of benzene rings is 1. The van der Waals surface area contributed by atoms with Crippen LogP contribution in [0.25, 0.3) is 0 Å². The summed E-state index contributed by atoms with van der Waals surface area (Å²) in [7, 11) is 1.60. The molecule has 0 spiro atoms. The Balaban J connectivity index is 2.16. The van der Waals surface area contributed by atoms with Crippen LogP contribution >= 0.6 is 46.0 Å². The zero-order valence-corrected chi connectivity index (χ0v) is 14.3. The van der Waals surface area contributed by atoms with E-state index in [1.807, 2.05) is 0 Å². The molecule has 0 aliphatic carbocycles. The van der Waals surface area contributed by atoms with Crippen molar-refractivity contribution in [3.8, 4) is 0 Å². The largest absolute Gasteiger partial charge is 0.378 e. The first-order chi connectivity index (χ1) is 9.61. The molecule has 1 aromatic heterocycles. The zero-order chi connectivity index (χ0) is 14.5. The topological polar surface area (TPSA) is 35.0 Å². The van der Waals surface area contributed by atoms with Crippen molar-refractivity contribution in [2.75, 3.05) is 7.11 Å². The maximum Gasteiger partial charge on any atom is 0.146 e. The highest BCUT2D eigenvalue weighted by Crippen LogP contribution is 2.26. The monoisotopic (exact) mass is 424 g/mol. The highest BCUT2D eigenvalue weighted by Gasteiger charge is 2.11. The van der Waals surface area contributed by atoms with Crippen LogP contribution < -0.4 is 0 Å². The summed E-state index contributed by atoms with van der Waals surface area (Å²) in [6.07, 6.45) is 0. The van der Waals surface area contributed by atoms with Gasteiger partial charge in [-0.2, -0.15) is 0 Å². The molecule has 2 aromatic rings. The molecule has 0 fully saturated rings. The van der Waals surface area contributed by atoms with E-state index in [4.69, 9.17) is 16.3 Å². The Kier molecular flexibility index (Phi) is 6.01. The lowest BCUT2D eigenvalue weighted by atomic mass is 10.3. The van der Waals surface area contributed by atoms with Gasteiger partial charge in [-0.05, 0) is 34.7 Å². The summed E-state index contributed by atoms with van der Waals surface area (Å²) in [4.78, 5) is 9.17. The molecule has 2 rings (SSSR count). The third kappa shape index (κ3) is 4.03. The summed E-state index contributed by atoms with van der Waals surface area (Å²) < 4.78 is 19.4. The molecule has 0 aliphatic heterocycles. The quantitative estimate of drug-likeness (QED) is 0.407. The smallest absolute Gasteiger partial charge is 0.146 e. The lowest BCUT2D eigenvalue weighted by Gasteiger charge is -2.07. The maximum atomic E-state index is 13.5. The number of nitrogens with zero attached hydrogens (tertiary/aromatic N) is 2. The molecule has 0 aliphatic rings. The van der Waals surface area contributed by atoms with Crippen molar-refractivity contribution in [1.29, 1.82) is 0 Å². The molecule has 20 heavy (non-hydrogen) atoms. The van der Waals surface area contributed by atoms with E-state index in [-0.39, 0.29) is 5.82 Å². The molecule has 106 valence electrons. The molecule has 3 nitrogen and oxygen atoms in total. The third-order valence-corrected chi connectivity index (χ3v) is 5.17. The Morgan fingerprint density at radius 3 is 2.80 bits per heavy atom. The second-order valence-corrected chi connectivity index (χ2v) is 6.30. The molecule has 0 saturated heterocycles. The van der Waals surface area contributed by atoms with E-state index in [1.165, 1.54) is 17.8 Å². The van der Waals surface area contributed by atoms with Crippen LogP contribution in [0.3, 0.4) is 0 Å². The van der Waals surface area contributed by atoms with Crippen LogP contribution in [0, 0.1) is 9.39 Å². The van der Waals surface area contributed by atoms with Gasteiger partial charge in [-0.25, -0.2) is 14.4 Å². The van der Waals surface area contributed by atoms with Crippen LogP contribution in [0.4, 0.5) is 4.39 Å². The number of ether oxygens (including phenoxy) is 1. The van der Waals surface area contributed by atoms with Gasteiger partial charge in [-0.3, -0.25) is 0 Å². The standard InChI is InChI=1S/C13H11ClFIN2OS/c1-19-6-9-12(16)13(14)18-11(17-9)7-20-10-5-3-2-4-8(10)15/h2-5H,6-7H2,1H3. The molecular weight excluding hydrogens is 414 g/mol. The van der Waals surface area contributed by atoms with E-state index in [9.17, 15) is 4.39 Å². The van der Waals surface area contributed by atoms with Crippen LogP contribution in [-0.2, 0) is 17.1 Å².